The van der Waals surface area contributed by atoms with E-state index in [4.69, 9.17) is 4.74 Å². The van der Waals surface area contributed by atoms with E-state index in [1.807, 2.05) is 17.8 Å². The molecule has 1 aliphatic rings. The molecular formula is C16H26N2O2S. The molecule has 0 bridgehead atoms. The molecule has 1 aliphatic carbocycles. The van der Waals surface area contributed by atoms with Crippen LogP contribution in [-0.4, -0.2) is 27.4 Å². The first-order valence-electron chi connectivity index (χ1n) is 7.77. The lowest BCUT2D eigenvalue weighted by Crippen LogP contribution is -2.36. The molecule has 1 fully saturated rings. The van der Waals surface area contributed by atoms with E-state index in [1.54, 1.807) is 6.20 Å². The quantitative estimate of drug-likeness (QED) is 0.616. The van der Waals surface area contributed by atoms with Crippen LogP contribution in [0.2, 0.25) is 0 Å². The highest BCUT2D eigenvalue weighted by Crippen LogP contribution is 2.35. The lowest BCUT2D eigenvalue weighted by Gasteiger charge is -2.36. The van der Waals surface area contributed by atoms with Gasteiger partial charge in [-0.3, -0.25) is 4.79 Å². The van der Waals surface area contributed by atoms with Crippen molar-refractivity contribution in [3.63, 3.8) is 0 Å². The zero-order valence-corrected chi connectivity index (χ0v) is 14.2. The number of rotatable bonds is 5. The van der Waals surface area contributed by atoms with Crippen LogP contribution in [0.3, 0.4) is 0 Å². The Balaban J connectivity index is 1.86. The van der Waals surface area contributed by atoms with Crippen LogP contribution in [0, 0.1) is 17.8 Å². The van der Waals surface area contributed by atoms with Crippen molar-refractivity contribution in [3.05, 3.63) is 12.4 Å². The third-order valence-electron chi connectivity index (χ3n) is 4.34. The van der Waals surface area contributed by atoms with E-state index in [9.17, 15) is 4.79 Å². The van der Waals surface area contributed by atoms with Crippen LogP contribution < -0.4 is 0 Å². The number of nitrogens with zero attached hydrogens (tertiary/aromatic N) is 2. The molecule has 0 unspecified atom stereocenters. The molecule has 0 amide bonds. The van der Waals surface area contributed by atoms with Crippen molar-refractivity contribution in [2.75, 3.05) is 5.75 Å². The molecule has 1 heterocycles. The van der Waals surface area contributed by atoms with E-state index >= 15 is 0 Å². The number of aromatic nitrogens is 2. The second-order valence-electron chi connectivity index (χ2n) is 6.46. The minimum Gasteiger partial charge on any atom is -0.461 e. The summed E-state index contributed by atoms with van der Waals surface area (Å²) in [5.41, 5.74) is 0. The molecule has 0 spiro atoms. The van der Waals surface area contributed by atoms with Crippen LogP contribution in [0.1, 0.15) is 40.0 Å². The van der Waals surface area contributed by atoms with Gasteiger partial charge in [-0.05, 0) is 30.6 Å². The van der Waals surface area contributed by atoms with E-state index < -0.39 is 0 Å². The summed E-state index contributed by atoms with van der Waals surface area (Å²) in [6.07, 6.45) is 7.13. The van der Waals surface area contributed by atoms with Gasteiger partial charge >= 0.3 is 5.97 Å². The highest BCUT2D eigenvalue weighted by Gasteiger charge is 2.33. The third-order valence-corrected chi connectivity index (χ3v) is 5.37. The molecule has 0 radical (unpaired) electrons. The number of carbonyl (C=O) groups excluding carboxylic acids is 1. The molecule has 3 atom stereocenters. The predicted octanol–water partition coefficient (Wildman–Crippen LogP) is 3.52. The number of imidazole rings is 1. The van der Waals surface area contributed by atoms with Gasteiger partial charge in [0.15, 0.2) is 5.16 Å². The van der Waals surface area contributed by atoms with Gasteiger partial charge < -0.3 is 9.30 Å². The second kappa shape index (κ2) is 7.34. The first kappa shape index (κ1) is 16.4. The summed E-state index contributed by atoms with van der Waals surface area (Å²) in [6, 6.07) is 0. The van der Waals surface area contributed by atoms with Crippen molar-refractivity contribution in [2.24, 2.45) is 24.8 Å². The van der Waals surface area contributed by atoms with Crippen molar-refractivity contribution in [2.45, 2.75) is 51.3 Å². The number of hydrogen-bond acceptors (Lipinski definition) is 4. The topological polar surface area (TPSA) is 44.1 Å². The molecule has 0 saturated heterocycles. The molecule has 118 valence electrons. The molecule has 4 nitrogen and oxygen atoms in total. The largest absolute Gasteiger partial charge is 0.461 e. The van der Waals surface area contributed by atoms with Crippen LogP contribution in [0.5, 0.6) is 0 Å². The molecule has 5 heteroatoms. The van der Waals surface area contributed by atoms with Crippen molar-refractivity contribution in [1.29, 1.82) is 0 Å². The molecule has 1 aromatic heterocycles. The maximum atomic E-state index is 12.1. The van der Waals surface area contributed by atoms with Gasteiger partial charge in [-0.15, -0.1) is 0 Å². The van der Waals surface area contributed by atoms with Crippen molar-refractivity contribution in [3.8, 4) is 0 Å². The van der Waals surface area contributed by atoms with Crippen LogP contribution in [0.25, 0.3) is 0 Å². The van der Waals surface area contributed by atoms with E-state index in [2.05, 4.69) is 25.8 Å². The Morgan fingerprint density at radius 2 is 2.29 bits per heavy atom. The highest BCUT2D eigenvalue weighted by atomic mass is 32.2. The smallest absolute Gasteiger partial charge is 0.316 e. The van der Waals surface area contributed by atoms with Crippen LogP contribution in [0.4, 0.5) is 0 Å². The first-order valence-corrected chi connectivity index (χ1v) is 8.75. The number of thioether (sulfide) groups is 1. The molecule has 0 aliphatic heterocycles. The molecule has 1 saturated carbocycles. The van der Waals surface area contributed by atoms with Crippen LogP contribution in [-0.2, 0) is 16.6 Å². The predicted molar refractivity (Wildman–Crippen MR) is 85.2 cm³/mol. The lowest BCUT2D eigenvalue weighted by molar-refractivity contribution is -0.152. The molecular weight excluding hydrogens is 284 g/mol. The van der Waals surface area contributed by atoms with Gasteiger partial charge in [0.2, 0.25) is 0 Å². The van der Waals surface area contributed by atoms with Gasteiger partial charge in [-0.1, -0.05) is 39.0 Å². The number of carbonyl (C=O) groups is 1. The number of ether oxygens (including phenoxy) is 1. The summed E-state index contributed by atoms with van der Waals surface area (Å²) >= 11 is 1.44. The van der Waals surface area contributed by atoms with Gasteiger partial charge in [0.05, 0.1) is 5.75 Å². The van der Waals surface area contributed by atoms with Gasteiger partial charge in [-0.25, -0.2) is 4.98 Å². The van der Waals surface area contributed by atoms with Crippen LogP contribution in [0.15, 0.2) is 17.6 Å². The monoisotopic (exact) mass is 310 g/mol. The lowest BCUT2D eigenvalue weighted by atomic mass is 9.75. The average molecular weight is 310 g/mol. The maximum absolute atomic E-state index is 12.1. The molecule has 21 heavy (non-hydrogen) atoms. The van der Waals surface area contributed by atoms with E-state index in [0.717, 1.165) is 11.6 Å². The SMILES string of the molecule is CC(C)[C@H]1CC[C@@H](C)C[C@@H]1OC(=O)CSc1nccn1C. The molecule has 0 N–H and O–H groups in total. The fourth-order valence-corrected chi connectivity index (χ4v) is 3.78. The first-order chi connectivity index (χ1) is 9.97. The highest BCUT2D eigenvalue weighted by molar-refractivity contribution is 7.99. The Bertz CT molecular complexity index is 473. The van der Waals surface area contributed by atoms with Gasteiger partial charge in [0, 0.05) is 19.4 Å². The third kappa shape index (κ3) is 4.50. The summed E-state index contributed by atoms with van der Waals surface area (Å²) in [4.78, 5) is 16.3. The Kier molecular flexibility index (Phi) is 5.73. The standard InChI is InChI=1S/C16H26N2O2S/c1-11(2)13-6-5-12(3)9-14(13)20-15(19)10-21-16-17-7-8-18(16)4/h7-8,11-14H,5-6,9-10H2,1-4H3/t12-,13-,14+/m1/s1. The average Bonchev–Trinajstić information content (AvgIpc) is 2.81. The van der Waals surface area contributed by atoms with E-state index in [-0.39, 0.29) is 12.1 Å². The Labute approximate surface area is 131 Å². The molecule has 1 aromatic rings. The fourth-order valence-electron chi connectivity index (χ4n) is 3.07. The Hall–Kier alpha value is -0.970. The minimum atomic E-state index is -0.118. The van der Waals surface area contributed by atoms with Crippen molar-refractivity contribution < 1.29 is 9.53 Å². The van der Waals surface area contributed by atoms with Crippen LogP contribution >= 0.6 is 11.8 Å². The summed E-state index contributed by atoms with van der Waals surface area (Å²) in [7, 11) is 1.93. The van der Waals surface area contributed by atoms with E-state index in [0.29, 0.717) is 23.5 Å². The summed E-state index contributed by atoms with van der Waals surface area (Å²) in [5.74, 6) is 1.94. The second-order valence-corrected chi connectivity index (χ2v) is 7.41. The summed E-state index contributed by atoms with van der Waals surface area (Å²) in [5, 5.41) is 0.851. The maximum Gasteiger partial charge on any atom is 0.316 e. The van der Waals surface area contributed by atoms with Gasteiger partial charge in [0.1, 0.15) is 6.10 Å². The summed E-state index contributed by atoms with van der Waals surface area (Å²) < 4.78 is 7.69. The minimum absolute atomic E-state index is 0.0863. The zero-order chi connectivity index (χ0) is 15.4. The van der Waals surface area contributed by atoms with Crippen molar-refractivity contribution in [1.82, 2.24) is 9.55 Å². The Morgan fingerprint density at radius 3 is 2.90 bits per heavy atom. The number of aryl methyl sites for hydroxylation is 1. The van der Waals surface area contributed by atoms with Crippen molar-refractivity contribution >= 4 is 17.7 Å². The number of hydrogen-bond donors (Lipinski definition) is 0. The number of esters is 1. The zero-order valence-electron chi connectivity index (χ0n) is 13.4. The fraction of sp³-hybridized carbons (Fsp3) is 0.750. The summed E-state index contributed by atoms with van der Waals surface area (Å²) in [6.45, 7) is 6.70. The Morgan fingerprint density at radius 1 is 1.52 bits per heavy atom. The van der Waals surface area contributed by atoms with E-state index in [1.165, 1.54) is 24.6 Å². The normalized spacial score (nSPS) is 26.0. The van der Waals surface area contributed by atoms with Gasteiger partial charge in [-0.2, -0.15) is 0 Å². The molecule has 2 rings (SSSR count). The molecule has 0 aromatic carbocycles. The van der Waals surface area contributed by atoms with Gasteiger partial charge in [0.25, 0.3) is 0 Å².